The van der Waals surface area contributed by atoms with Crippen LogP contribution in [0.4, 0.5) is 0 Å². The largest absolute Gasteiger partial charge is 0.436 e. The lowest BCUT2D eigenvalue weighted by Crippen LogP contribution is -1.87. The van der Waals surface area contributed by atoms with E-state index < -0.39 is 0 Å². The second-order valence-corrected chi connectivity index (χ2v) is 13.4. The fraction of sp³-hybridized carbons (Fsp3) is 0. The standard InChI is InChI=1S/C40H22N2OS2/c1-3-19-34-26(11-1)29-15-6-13-25(38(29)44-34)23-9-5-10-24(21-23)33-22-41-36-32-18-7-14-28(37(32)43-40(36)42-33)31-17-8-16-30-27-12-2-4-20-35(27)45-39(30)31/h1-22H. The van der Waals surface area contributed by atoms with Crippen molar-refractivity contribution >= 4 is 85.2 Å². The summed E-state index contributed by atoms with van der Waals surface area (Å²) in [7, 11) is 0. The molecule has 4 heterocycles. The number of furan rings is 1. The molecular formula is C40H22N2OS2. The van der Waals surface area contributed by atoms with Crippen LogP contribution in [0.3, 0.4) is 0 Å². The molecule has 210 valence electrons. The van der Waals surface area contributed by atoms with Crippen LogP contribution in [0.5, 0.6) is 0 Å². The van der Waals surface area contributed by atoms with Crippen molar-refractivity contribution in [3.05, 3.63) is 134 Å². The number of nitrogens with zero attached hydrogens (tertiary/aromatic N) is 2. The average Bonchev–Trinajstić information content (AvgIpc) is 3.79. The fourth-order valence-electron chi connectivity index (χ4n) is 6.69. The monoisotopic (exact) mass is 610 g/mol. The van der Waals surface area contributed by atoms with Crippen molar-refractivity contribution < 1.29 is 4.42 Å². The highest BCUT2D eigenvalue weighted by atomic mass is 32.1. The van der Waals surface area contributed by atoms with Gasteiger partial charge in [0.25, 0.3) is 0 Å². The Bertz CT molecular complexity index is 2780. The first-order valence-electron chi connectivity index (χ1n) is 14.9. The Labute approximate surface area is 265 Å². The molecule has 0 bridgehead atoms. The van der Waals surface area contributed by atoms with Gasteiger partial charge in [-0.05, 0) is 35.4 Å². The third-order valence-corrected chi connectivity index (χ3v) is 11.2. The van der Waals surface area contributed by atoms with Crippen molar-refractivity contribution in [1.29, 1.82) is 0 Å². The molecule has 0 atom stereocenters. The zero-order chi connectivity index (χ0) is 29.5. The summed E-state index contributed by atoms with van der Waals surface area (Å²) in [6.07, 6.45) is 1.87. The Hall–Kier alpha value is -5.36. The molecule has 0 aliphatic heterocycles. The van der Waals surface area contributed by atoms with Crippen LogP contribution in [0.2, 0.25) is 0 Å². The third kappa shape index (κ3) is 3.75. The first-order chi connectivity index (χ1) is 22.3. The number of hydrogen-bond donors (Lipinski definition) is 0. The molecule has 3 nitrogen and oxygen atoms in total. The Balaban J connectivity index is 1.11. The van der Waals surface area contributed by atoms with Gasteiger partial charge in [0.15, 0.2) is 0 Å². The van der Waals surface area contributed by atoms with Crippen LogP contribution in [-0.2, 0) is 0 Å². The molecule has 0 saturated carbocycles. The number of rotatable bonds is 3. The van der Waals surface area contributed by atoms with E-state index in [1.807, 2.05) is 28.9 Å². The minimum absolute atomic E-state index is 0.551. The molecule has 10 aromatic rings. The smallest absolute Gasteiger partial charge is 0.246 e. The SMILES string of the molecule is c1cc(-c2cnc3c(n2)oc2c(-c4cccc5c4sc4ccccc45)cccc23)cc(-c2cccc3c2sc2ccccc23)c1. The van der Waals surface area contributed by atoms with Crippen LogP contribution in [0.25, 0.3) is 96.1 Å². The summed E-state index contributed by atoms with van der Waals surface area (Å²) >= 11 is 3.67. The number of para-hydroxylation sites is 1. The van der Waals surface area contributed by atoms with Gasteiger partial charge in [-0.2, -0.15) is 0 Å². The lowest BCUT2D eigenvalue weighted by molar-refractivity contribution is 0.654. The van der Waals surface area contributed by atoms with Crippen LogP contribution in [0.1, 0.15) is 0 Å². The number of thiophene rings is 2. The maximum absolute atomic E-state index is 6.56. The number of fused-ring (bicyclic) bond motifs is 9. The maximum Gasteiger partial charge on any atom is 0.246 e. The zero-order valence-electron chi connectivity index (χ0n) is 23.8. The minimum atomic E-state index is 0.551. The van der Waals surface area contributed by atoms with E-state index in [1.54, 1.807) is 0 Å². The predicted molar refractivity (Wildman–Crippen MR) is 191 cm³/mol. The summed E-state index contributed by atoms with van der Waals surface area (Å²) < 4.78 is 11.7. The van der Waals surface area contributed by atoms with E-state index in [-0.39, 0.29) is 0 Å². The number of benzene rings is 6. The van der Waals surface area contributed by atoms with Gasteiger partial charge in [0, 0.05) is 62.4 Å². The summed E-state index contributed by atoms with van der Waals surface area (Å²) in [5, 5.41) is 6.13. The molecule has 10 rings (SSSR count). The van der Waals surface area contributed by atoms with Gasteiger partial charge in [-0.3, -0.25) is 0 Å². The molecular weight excluding hydrogens is 589 g/mol. The van der Waals surface area contributed by atoms with Crippen LogP contribution in [0.15, 0.2) is 138 Å². The van der Waals surface area contributed by atoms with Crippen molar-refractivity contribution in [2.24, 2.45) is 0 Å². The van der Waals surface area contributed by atoms with Gasteiger partial charge in [-0.25, -0.2) is 9.97 Å². The Morgan fingerprint density at radius 2 is 1.07 bits per heavy atom. The van der Waals surface area contributed by atoms with Crippen molar-refractivity contribution in [3.8, 4) is 33.5 Å². The predicted octanol–water partition coefficient (Wildman–Crippen LogP) is 12.1. The first kappa shape index (κ1) is 25.0. The lowest BCUT2D eigenvalue weighted by Gasteiger charge is -2.07. The zero-order valence-corrected chi connectivity index (χ0v) is 25.5. The minimum Gasteiger partial charge on any atom is -0.436 e. The maximum atomic E-state index is 6.56. The van der Waals surface area contributed by atoms with Gasteiger partial charge in [0.05, 0.1) is 11.9 Å². The molecule has 4 aromatic heterocycles. The molecule has 0 fully saturated rings. The van der Waals surface area contributed by atoms with Crippen molar-refractivity contribution in [2.75, 3.05) is 0 Å². The Morgan fingerprint density at radius 3 is 1.82 bits per heavy atom. The molecule has 0 unspecified atom stereocenters. The van der Waals surface area contributed by atoms with E-state index >= 15 is 0 Å². The quantitative estimate of drug-likeness (QED) is 0.200. The van der Waals surface area contributed by atoms with Gasteiger partial charge in [-0.1, -0.05) is 103 Å². The Morgan fingerprint density at radius 1 is 0.489 bits per heavy atom. The van der Waals surface area contributed by atoms with Crippen LogP contribution < -0.4 is 0 Å². The van der Waals surface area contributed by atoms with Gasteiger partial charge in [0.2, 0.25) is 5.71 Å². The second-order valence-electron chi connectivity index (χ2n) is 11.3. The van der Waals surface area contributed by atoms with E-state index in [9.17, 15) is 0 Å². The Kier molecular flexibility index (Phi) is 5.32. The van der Waals surface area contributed by atoms with Crippen LogP contribution >= 0.6 is 22.7 Å². The van der Waals surface area contributed by atoms with Gasteiger partial charge >= 0.3 is 0 Å². The first-order valence-corrected chi connectivity index (χ1v) is 16.5. The fourth-order valence-corrected chi connectivity index (χ4v) is 9.16. The third-order valence-electron chi connectivity index (χ3n) is 8.78. The van der Waals surface area contributed by atoms with E-state index in [2.05, 4.69) is 127 Å². The highest BCUT2D eigenvalue weighted by Crippen LogP contribution is 2.44. The summed E-state index contributed by atoms with van der Waals surface area (Å²) in [4.78, 5) is 9.93. The molecule has 0 radical (unpaired) electrons. The van der Waals surface area contributed by atoms with Crippen molar-refractivity contribution in [1.82, 2.24) is 9.97 Å². The van der Waals surface area contributed by atoms with Gasteiger partial charge in [0.1, 0.15) is 11.1 Å². The molecule has 0 amide bonds. The van der Waals surface area contributed by atoms with E-state index in [0.29, 0.717) is 5.71 Å². The highest BCUT2D eigenvalue weighted by molar-refractivity contribution is 7.26. The molecule has 0 aliphatic rings. The van der Waals surface area contributed by atoms with E-state index in [1.165, 1.54) is 51.5 Å². The lowest BCUT2D eigenvalue weighted by atomic mass is 10.00. The van der Waals surface area contributed by atoms with E-state index in [4.69, 9.17) is 14.4 Å². The van der Waals surface area contributed by atoms with Crippen LogP contribution in [0, 0.1) is 0 Å². The topological polar surface area (TPSA) is 38.9 Å². The van der Waals surface area contributed by atoms with E-state index in [0.717, 1.165) is 38.9 Å². The molecule has 45 heavy (non-hydrogen) atoms. The summed E-state index contributed by atoms with van der Waals surface area (Å²) in [5.41, 5.74) is 8.57. The average molecular weight is 611 g/mol. The van der Waals surface area contributed by atoms with Crippen molar-refractivity contribution in [3.63, 3.8) is 0 Å². The molecule has 0 aliphatic carbocycles. The number of hydrogen-bond acceptors (Lipinski definition) is 5. The van der Waals surface area contributed by atoms with Crippen LogP contribution in [-0.4, -0.2) is 9.97 Å². The molecule has 0 saturated heterocycles. The summed E-state index contributed by atoms with van der Waals surface area (Å²) in [5.74, 6) is 0. The van der Waals surface area contributed by atoms with Gasteiger partial charge < -0.3 is 4.42 Å². The highest BCUT2D eigenvalue weighted by Gasteiger charge is 2.18. The molecule has 0 spiro atoms. The van der Waals surface area contributed by atoms with Crippen molar-refractivity contribution in [2.45, 2.75) is 0 Å². The van der Waals surface area contributed by atoms with Gasteiger partial charge in [-0.15, -0.1) is 22.7 Å². The molecule has 5 heteroatoms. The molecule has 6 aromatic carbocycles. The second kappa shape index (κ2) is 9.57. The molecule has 0 N–H and O–H groups in total. The normalized spacial score (nSPS) is 12.0. The summed E-state index contributed by atoms with van der Waals surface area (Å²) in [6, 6.07) is 45.3. The summed E-state index contributed by atoms with van der Waals surface area (Å²) in [6.45, 7) is 0. The number of aromatic nitrogens is 2.